The zero-order valence-corrected chi connectivity index (χ0v) is 15.4. The summed E-state index contributed by atoms with van der Waals surface area (Å²) in [5, 5.41) is 3.52. The second-order valence-corrected chi connectivity index (χ2v) is 7.85. The van der Waals surface area contributed by atoms with Gasteiger partial charge >= 0.3 is 0 Å². The van der Waals surface area contributed by atoms with Crippen LogP contribution in [0.15, 0.2) is 30.3 Å². The fourth-order valence-corrected chi connectivity index (χ4v) is 4.54. The molecule has 140 valence electrons. The summed E-state index contributed by atoms with van der Waals surface area (Å²) in [6.07, 6.45) is 5.60. The number of anilines is 2. The number of nitrogens with one attached hydrogen (secondary N) is 1. The van der Waals surface area contributed by atoms with Gasteiger partial charge < -0.3 is 16.0 Å². The van der Waals surface area contributed by atoms with E-state index in [9.17, 15) is 4.79 Å². The molecule has 1 saturated heterocycles. The van der Waals surface area contributed by atoms with Gasteiger partial charge in [-0.05, 0) is 37.8 Å². The normalized spacial score (nSPS) is 23.2. The Hall–Kier alpha value is -2.47. The zero-order valence-electron chi connectivity index (χ0n) is 15.4. The van der Waals surface area contributed by atoms with E-state index in [4.69, 9.17) is 15.7 Å². The molecular formula is C21H25N5O. The maximum Gasteiger partial charge on any atom is 0.224 e. The van der Waals surface area contributed by atoms with Crippen molar-refractivity contribution in [1.29, 1.82) is 0 Å². The molecule has 1 aliphatic carbocycles. The Morgan fingerprint density at radius 3 is 2.70 bits per heavy atom. The number of nitrogens with zero attached hydrogens (tertiary/aromatic N) is 3. The van der Waals surface area contributed by atoms with Gasteiger partial charge in [0.05, 0.1) is 11.7 Å². The first-order chi connectivity index (χ1) is 13.2. The van der Waals surface area contributed by atoms with Crippen LogP contribution in [0.2, 0.25) is 0 Å². The molecule has 3 heterocycles. The second-order valence-electron chi connectivity index (χ2n) is 7.85. The van der Waals surface area contributed by atoms with Crippen LogP contribution in [0, 0.1) is 0 Å². The van der Waals surface area contributed by atoms with E-state index in [2.05, 4.69) is 10.2 Å². The van der Waals surface area contributed by atoms with Crippen molar-refractivity contribution in [3.63, 3.8) is 0 Å². The number of fused-ring (bicyclic) bond motifs is 4. The minimum atomic E-state index is 0.0669. The van der Waals surface area contributed by atoms with Crippen LogP contribution < -0.4 is 11.1 Å². The molecular weight excluding hydrogens is 338 g/mol. The molecule has 2 fully saturated rings. The molecule has 0 radical (unpaired) electrons. The van der Waals surface area contributed by atoms with Gasteiger partial charge in [-0.15, -0.1) is 0 Å². The highest BCUT2D eigenvalue weighted by Gasteiger charge is 2.45. The van der Waals surface area contributed by atoms with Crippen molar-refractivity contribution in [2.75, 3.05) is 11.9 Å². The lowest BCUT2D eigenvalue weighted by atomic mass is 9.97. The van der Waals surface area contributed by atoms with E-state index in [1.807, 2.05) is 30.3 Å². The topological polar surface area (TPSA) is 84.1 Å². The maximum atomic E-state index is 12.7. The van der Waals surface area contributed by atoms with Crippen LogP contribution in [0.25, 0.3) is 0 Å². The summed E-state index contributed by atoms with van der Waals surface area (Å²) in [7, 11) is 0. The molecule has 2 bridgehead atoms. The number of amides is 1. The van der Waals surface area contributed by atoms with Crippen LogP contribution >= 0.6 is 0 Å². The molecule has 6 heteroatoms. The Labute approximate surface area is 159 Å². The smallest absolute Gasteiger partial charge is 0.224 e. The molecule has 5 rings (SSSR count). The van der Waals surface area contributed by atoms with Crippen LogP contribution in [0.5, 0.6) is 0 Å². The number of aromatic nitrogens is 2. The molecule has 27 heavy (non-hydrogen) atoms. The second kappa shape index (κ2) is 6.60. The Balaban J connectivity index is 1.57. The summed E-state index contributed by atoms with van der Waals surface area (Å²) < 4.78 is 0. The summed E-state index contributed by atoms with van der Waals surface area (Å²) >= 11 is 0. The Morgan fingerprint density at radius 1 is 1.15 bits per heavy atom. The molecule has 6 nitrogen and oxygen atoms in total. The highest BCUT2D eigenvalue weighted by molar-refractivity contribution is 5.79. The summed E-state index contributed by atoms with van der Waals surface area (Å²) in [6.45, 7) is 0.397. The lowest BCUT2D eigenvalue weighted by Gasteiger charge is -2.37. The summed E-state index contributed by atoms with van der Waals surface area (Å²) in [5.41, 5.74) is 8.91. The molecule has 2 unspecified atom stereocenters. The SMILES string of the molecule is NCCC(=O)N1C2CCC1c1c(nc(C3CC3)nc1Nc1ccccc1)C2. The lowest BCUT2D eigenvalue weighted by molar-refractivity contribution is -0.134. The molecule has 1 aromatic carbocycles. The molecule has 1 amide bonds. The average molecular weight is 363 g/mol. The molecule has 3 aliphatic rings. The largest absolute Gasteiger partial charge is 0.340 e. The fraction of sp³-hybridized carbons (Fsp3) is 0.476. The first-order valence-corrected chi connectivity index (χ1v) is 9.98. The van der Waals surface area contributed by atoms with Gasteiger partial charge in [-0.3, -0.25) is 4.79 Å². The highest BCUT2D eigenvalue weighted by atomic mass is 16.2. The van der Waals surface area contributed by atoms with Crippen molar-refractivity contribution in [1.82, 2.24) is 14.9 Å². The van der Waals surface area contributed by atoms with Gasteiger partial charge in [0.25, 0.3) is 0 Å². The number of hydrogen-bond acceptors (Lipinski definition) is 5. The number of benzene rings is 1. The van der Waals surface area contributed by atoms with Crippen molar-refractivity contribution in [2.45, 2.75) is 56.5 Å². The highest BCUT2D eigenvalue weighted by Crippen LogP contribution is 2.48. The average Bonchev–Trinajstić information content (AvgIpc) is 3.47. The van der Waals surface area contributed by atoms with Crippen LogP contribution in [0.4, 0.5) is 11.5 Å². The molecule has 3 N–H and O–H groups in total. The third kappa shape index (κ3) is 2.98. The van der Waals surface area contributed by atoms with Gasteiger partial charge in [-0.2, -0.15) is 0 Å². The molecule has 1 saturated carbocycles. The number of hydrogen-bond donors (Lipinski definition) is 2. The Bertz CT molecular complexity index is 864. The van der Waals surface area contributed by atoms with E-state index in [0.29, 0.717) is 18.9 Å². The van der Waals surface area contributed by atoms with E-state index >= 15 is 0 Å². The van der Waals surface area contributed by atoms with Gasteiger partial charge in [0.1, 0.15) is 11.6 Å². The maximum absolute atomic E-state index is 12.7. The first kappa shape index (κ1) is 16.7. The van der Waals surface area contributed by atoms with Crippen LogP contribution in [-0.4, -0.2) is 33.4 Å². The van der Waals surface area contributed by atoms with Gasteiger partial charge in [-0.25, -0.2) is 9.97 Å². The molecule has 0 spiro atoms. The van der Waals surface area contributed by atoms with Crippen molar-refractivity contribution in [2.24, 2.45) is 5.73 Å². The quantitative estimate of drug-likeness (QED) is 0.853. The van der Waals surface area contributed by atoms with Crippen molar-refractivity contribution in [3.05, 3.63) is 47.4 Å². The fourth-order valence-electron chi connectivity index (χ4n) is 4.54. The van der Waals surface area contributed by atoms with E-state index < -0.39 is 0 Å². The number of nitrogens with two attached hydrogens (primary N) is 1. The number of carbonyl (C=O) groups excluding carboxylic acids is 1. The van der Waals surface area contributed by atoms with E-state index in [-0.39, 0.29) is 18.0 Å². The van der Waals surface area contributed by atoms with Gasteiger partial charge in [-0.1, -0.05) is 18.2 Å². The minimum absolute atomic E-state index is 0.0669. The van der Waals surface area contributed by atoms with Crippen molar-refractivity contribution < 1.29 is 4.79 Å². The predicted octanol–water partition coefficient (Wildman–Crippen LogP) is 3.03. The summed E-state index contributed by atoms with van der Waals surface area (Å²) in [4.78, 5) is 24.6. The molecule has 1 aromatic heterocycles. The molecule has 2 aliphatic heterocycles. The van der Waals surface area contributed by atoms with Gasteiger partial charge in [0, 0.05) is 42.6 Å². The van der Waals surface area contributed by atoms with E-state index in [1.54, 1.807) is 0 Å². The minimum Gasteiger partial charge on any atom is -0.340 e. The van der Waals surface area contributed by atoms with Gasteiger partial charge in [0.2, 0.25) is 5.91 Å². The summed E-state index contributed by atoms with van der Waals surface area (Å²) in [6, 6.07) is 10.4. The van der Waals surface area contributed by atoms with Crippen molar-refractivity contribution in [3.8, 4) is 0 Å². The number of carbonyl (C=O) groups is 1. The van der Waals surface area contributed by atoms with E-state index in [1.165, 1.54) is 12.8 Å². The standard InChI is InChI=1S/C21H25N5O/c22-11-10-18(27)26-15-8-9-17(26)19-16(12-15)24-20(13-6-7-13)25-21(19)23-14-4-2-1-3-5-14/h1-5,13,15,17H,6-12,22H2,(H,23,24,25). The van der Waals surface area contributed by atoms with Crippen molar-refractivity contribution >= 4 is 17.4 Å². The monoisotopic (exact) mass is 363 g/mol. The predicted molar refractivity (Wildman–Crippen MR) is 104 cm³/mol. The third-order valence-corrected chi connectivity index (χ3v) is 5.93. The van der Waals surface area contributed by atoms with Crippen LogP contribution in [0.3, 0.4) is 0 Å². The summed E-state index contributed by atoms with van der Waals surface area (Å²) in [5.74, 6) is 2.51. The third-order valence-electron chi connectivity index (χ3n) is 5.93. The Morgan fingerprint density at radius 2 is 1.96 bits per heavy atom. The van der Waals surface area contributed by atoms with Gasteiger partial charge in [0.15, 0.2) is 0 Å². The lowest BCUT2D eigenvalue weighted by Crippen LogP contribution is -2.43. The number of para-hydroxylation sites is 1. The van der Waals surface area contributed by atoms with Crippen LogP contribution in [0.1, 0.15) is 61.1 Å². The molecule has 2 aromatic rings. The first-order valence-electron chi connectivity index (χ1n) is 9.98. The Kier molecular flexibility index (Phi) is 4.08. The zero-order chi connectivity index (χ0) is 18.4. The van der Waals surface area contributed by atoms with Crippen LogP contribution in [-0.2, 0) is 11.2 Å². The molecule has 2 atom stereocenters. The van der Waals surface area contributed by atoms with E-state index in [0.717, 1.165) is 47.8 Å². The number of rotatable bonds is 5.